The molecule has 1 aromatic heterocycles. The van der Waals surface area contributed by atoms with Gasteiger partial charge in [-0.1, -0.05) is 35.3 Å². The zero-order valence-electron chi connectivity index (χ0n) is 15.5. The summed E-state index contributed by atoms with van der Waals surface area (Å²) < 4.78 is 10.3. The van der Waals surface area contributed by atoms with Gasteiger partial charge in [-0.2, -0.15) is 0 Å². The number of nitrogens with one attached hydrogen (secondary N) is 1. The molecule has 0 bridgehead atoms. The summed E-state index contributed by atoms with van der Waals surface area (Å²) in [7, 11) is 1.47. The van der Waals surface area contributed by atoms with E-state index >= 15 is 0 Å². The van der Waals surface area contributed by atoms with E-state index in [9.17, 15) is 9.59 Å². The summed E-state index contributed by atoms with van der Waals surface area (Å²) in [6.07, 6.45) is 0. The second-order valence-electron chi connectivity index (χ2n) is 5.97. The molecule has 0 aliphatic carbocycles. The number of amides is 1. The van der Waals surface area contributed by atoms with E-state index in [1.54, 1.807) is 42.6 Å². The van der Waals surface area contributed by atoms with Crippen LogP contribution in [0, 0.1) is 6.92 Å². The van der Waals surface area contributed by atoms with Crippen molar-refractivity contribution in [2.45, 2.75) is 6.92 Å². The third kappa shape index (κ3) is 5.26. The zero-order chi connectivity index (χ0) is 21.0. The molecule has 9 heteroatoms. The first-order chi connectivity index (χ1) is 13.9. The number of hydrogen-bond donors (Lipinski definition) is 1. The molecule has 1 N–H and O–H groups in total. The van der Waals surface area contributed by atoms with E-state index < -0.39 is 18.5 Å². The Balaban J connectivity index is 1.61. The second-order valence-corrected chi connectivity index (χ2v) is 7.68. The van der Waals surface area contributed by atoms with Gasteiger partial charge in [-0.05, 0) is 30.7 Å². The number of carbonyl (C=O) groups is 2. The Morgan fingerprint density at radius 3 is 2.72 bits per heavy atom. The van der Waals surface area contributed by atoms with Gasteiger partial charge in [-0.15, -0.1) is 11.3 Å². The minimum absolute atomic E-state index is 0.123. The number of carbonyl (C=O) groups excluding carboxylic acids is 2. The monoisotopic (exact) mass is 450 g/mol. The smallest absolute Gasteiger partial charge is 0.358 e. The van der Waals surface area contributed by atoms with E-state index in [4.69, 9.17) is 32.7 Å². The van der Waals surface area contributed by atoms with Crippen molar-refractivity contribution in [3.8, 4) is 16.3 Å². The van der Waals surface area contributed by atoms with Crippen molar-refractivity contribution in [2.75, 3.05) is 19.0 Å². The molecule has 0 aliphatic rings. The van der Waals surface area contributed by atoms with Crippen molar-refractivity contribution < 1.29 is 19.1 Å². The molecule has 0 radical (unpaired) electrons. The van der Waals surface area contributed by atoms with E-state index in [-0.39, 0.29) is 5.69 Å². The molecule has 29 heavy (non-hydrogen) atoms. The molecule has 6 nitrogen and oxygen atoms in total. The Hall–Kier alpha value is -2.61. The summed E-state index contributed by atoms with van der Waals surface area (Å²) in [5.41, 5.74) is 2.13. The SMILES string of the molecule is COc1cc(Cl)c(C)cc1NC(=O)COC(=O)c1csc(-c2cccc(Cl)c2)n1. The number of aryl methyl sites for hydroxylation is 1. The summed E-state index contributed by atoms with van der Waals surface area (Å²) in [6, 6.07) is 10.4. The summed E-state index contributed by atoms with van der Waals surface area (Å²) in [5.74, 6) is -0.793. The minimum atomic E-state index is -0.691. The lowest BCUT2D eigenvalue weighted by Gasteiger charge is -2.12. The van der Waals surface area contributed by atoms with E-state index in [2.05, 4.69) is 10.3 Å². The van der Waals surface area contributed by atoms with E-state index in [0.29, 0.717) is 26.5 Å². The highest BCUT2D eigenvalue weighted by atomic mass is 35.5. The number of methoxy groups -OCH3 is 1. The summed E-state index contributed by atoms with van der Waals surface area (Å²) >= 11 is 13.3. The van der Waals surface area contributed by atoms with Crippen LogP contribution < -0.4 is 10.1 Å². The molecular formula is C20H16Cl2N2O4S. The maximum absolute atomic E-state index is 12.2. The molecule has 3 aromatic rings. The molecule has 0 spiro atoms. The van der Waals surface area contributed by atoms with Crippen molar-refractivity contribution in [1.82, 2.24) is 4.98 Å². The number of hydrogen-bond acceptors (Lipinski definition) is 6. The molecule has 3 rings (SSSR count). The normalized spacial score (nSPS) is 10.5. The molecule has 0 saturated heterocycles. The number of benzene rings is 2. The Bertz CT molecular complexity index is 1070. The van der Waals surface area contributed by atoms with Crippen LogP contribution >= 0.6 is 34.5 Å². The minimum Gasteiger partial charge on any atom is -0.495 e. The van der Waals surface area contributed by atoms with Gasteiger partial charge in [0.2, 0.25) is 0 Å². The van der Waals surface area contributed by atoms with Crippen LogP contribution in [0.5, 0.6) is 5.75 Å². The number of ether oxygens (including phenoxy) is 2. The van der Waals surface area contributed by atoms with E-state index in [1.165, 1.54) is 18.4 Å². The van der Waals surface area contributed by atoms with Gasteiger partial charge in [0.25, 0.3) is 5.91 Å². The Morgan fingerprint density at radius 1 is 1.21 bits per heavy atom. The second kappa shape index (κ2) is 9.26. The summed E-state index contributed by atoms with van der Waals surface area (Å²) in [5, 5.41) is 5.94. The van der Waals surface area contributed by atoms with Gasteiger partial charge in [0, 0.05) is 27.1 Å². The van der Waals surface area contributed by atoms with Crippen LogP contribution in [0.3, 0.4) is 0 Å². The highest BCUT2D eigenvalue weighted by Gasteiger charge is 2.16. The van der Waals surface area contributed by atoms with Crippen LogP contribution in [0.1, 0.15) is 16.1 Å². The number of esters is 1. The lowest BCUT2D eigenvalue weighted by molar-refractivity contribution is -0.119. The Kier molecular flexibility index (Phi) is 6.74. The number of nitrogens with zero attached hydrogens (tertiary/aromatic N) is 1. The summed E-state index contributed by atoms with van der Waals surface area (Å²) in [6.45, 7) is 1.34. The highest BCUT2D eigenvalue weighted by Crippen LogP contribution is 2.31. The van der Waals surface area contributed by atoms with Gasteiger partial charge in [-0.25, -0.2) is 9.78 Å². The Morgan fingerprint density at radius 2 is 2.00 bits per heavy atom. The zero-order valence-corrected chi connectivity index (χ0v) is 17.8. The van der Waals surface area contributed by atoms with Crippen molar-refractivity contribution in [2.24, 2.45) is 0 Å². The standard InChI is InChI=1S/C20H16Cl2N2O4S/c1-11-6-15(17(27-2)8-14(11)22)23-18(25)9-28-20(26)16-10-29-19(24-16)12-4-3-5-13(21)7-12/h3-8,10H,9H2,1-2H3,(H,23,25). The first-order valence-electron chi connectivity index (χ1n) is 8.40. The number of thiazole rings is 1. The van der Waals surface area contributed by atoms with Crippen LogP contribution in [-0.4, -0.2) is 30.6 Å². The quantitative estimate of drug-likeness (QED) is 0.520. The van der Waals surface area contributed by atoms with E-state index in [0.717, 1.165) is 11.1 Å². The molecule has 1 heterocycles. The van der Waals surface area contributed by atoms with Gasteiger partial charge >= 0.3 is 5.97 Å². The van der Waals surface area contributed by atoms with Gasteiger partial charge in [0.1, 0.15) is 10.8 Å². The maximum atomic E-state index is 12.2. The lowest BCUT2D eigenvalue weighted by Crippen LogP contribution is -2.21. The van der Waals surface area contributed by atoms with Crippen molar-refractivity contribution >= 4 is 52.1 Å². The molecular weight excluding hydrogens is 435 g/mol. The predicted octanol–water partition coefficient (Wildman–Crippen LogP) is 5.23. The lowest BCUT2D eigenvalue weighted by atomic mass is 10.2. The van der Waals surface area contributed by atoms with Crippen LogP contribution in [0.25, 0.3) is 10.6 Å². The molecule has 0 unspecified atom stereocenters. The fourth-order valence-electron chi connectivity index (χ4n) is 2.44. The fourth-order valence-corrected chi connectivity index (χ4v) is 3.57. The number of anilines is 1. The van der Waals surface area contributed by atoms with E-state index in [1.807, 2.05) is 6.07 Å². The largest absolute Gasteiger partial charge is 0.495 e. The maximum Gasteiger partial charge on any atom is 0.358 e. The number of halogens is 2. The average molecular weight is 451 g/mol. The van der Waals surface area contributed by atoms with Crippen LogP contribution in [0.4, 0.5) is 5.69 Å². The number of aromatic nitrogens is 1. The van der Waals surface area contributed by atoms with Gasteiger partial charge in [0.15, 0.2) is 12.3 Å². The molecule has 0 aliphatic heterocycles. The molecule has 1 amide bonds. The molecule has 0 atom stereocenters. The van der Waals surface area contributed by atoms with Gasteiger partial charge in [-0.3, -0.25) is 4.79 Å². The first kappa shape index (κ1) is 21.1. The number of rotatable bonds is 6. The van der Waals surface area contributed by atoms with Crippen molar-refractivity contribution in [3.63, 3.8) is 0 Å². The third-order valence-electron chi connectivity index (χ3n) is 3.87. The molecule has 2 aromatic carbocycles. The third-order valence-corrected chi connectivity index (χ3v) is 5.41. The first-order valence-corrected chi connectivity index (χ1v) is 10.0. The topological polar surface area (TPSA) is 77.5 Å². The highest BCUT2D eigenvalue weighted by molar-refractivity contribution is 7.13. The summed E-state index contributed by atoms with van der Waals surface area (Å²) in [4.78, 5) is 28.6. The molecule has 150 valence electrons. The van der Waals surface area contributed by atoms with Gasteiger partial charge < -0.3 is 14.8 Å². The Labute approximate surface area is 181 Å². The molecule has 0 saturated carbocycles. The molecule has 0 fully saturated rings. The predicted molar refractivity (Wildman–Crippen MR) is 114 cm³/mol. The van der Waals surface area contributed by atoms with Crippen LogP contribution in [0.2, 0.25) is 10.0 Å². The van der Waals surface area contributed by atoms with Gasteiger partial charge in [0.05, 0.1) is 12.8 Å². The van der Waals surface area contributed by atoms with Crippen molar-refractivity contribution in [1.29, 1.82) is 0 Å². The van der Waals surface area contributed by atoms with Crippen molar-refractivity contribution in [3.05, 3.63) is 63.1 Å². The van der Waals surface area contributed by atoms with Crippen LogP contribution in [-0.2, 0) is 9.53 Å². The average Bonchev–Trinajstić information content (AvgIpc) is 3.19. The van der Waals surface area contributed by atoms with Crippen LogP contribution in [0.15, 0.2) is 41.8 Å². The fraction of sp³-hybridized carbons (Fsp3) is 0.150.